The summed E-state index contributed by atoms with van der Waals surface area (Å²) in [6, 6.07) is 29.2. The van der Waals surface area contributed by atoms with E-state index in [0.29, 0.717) is 0 Å². The van der Waals surface area contributed by atoms with Gasteiger partial charge in [0.1, 0.15) is 11.9 Å². The molecule has 2 heterocycles. The number of rotatable bonds is 4. The topological polar surface area (TPSA) is 33.5 Å². The summed E-state index contributed by atoms with van der Waals surface area (Å²) in [5.74, 6) is 0. The minimum atomic E-state index is 0. The Morgan fingerprint density at radius 1 is 0.806 bits per heavy atom. The lowest BCUT2D eigenvalue weighted by molar-refractivity contribution is -0.654. The zero-order chi connectivity index (χ0) is 20.5. The van der Waals surface area contributed by atoms with Gasteiger partial charge in [0.05, 0.1) is 23.4 Å². The quantitative estimate of drug-likeness (QED) is 0.297. The first kappa shape index (κ1) is 21.0. The minimum absolute atomic E-state index is 0. The van der Waals surface area contributed by atoms with Crippen LogP contribution in [0.4, 0.5) is 10.8 Å². The van der Waals surface area contributed by atoms with E-state index in [1.54, 1.807) is 11.3 Å². The van der Waals surface area contributed by atoms with Gasteiger partial charge in [0.2, 0.25) is 0 Å². The average molecular weight is 445 g/mol. The molecule has 6 heteroatoms. The predicted molar refractivity (Wildman–Crippen MR) is 123 cm³/mol. The maximum absolute atomic E-state index is 4.80. The first-order valence-electron chi connectivity index (χ1n) is 9.84. The molecule has 2 aromatic heterocycles. The predicted octanol–water partition coefficient (Wildman–Crippen LogP) is 3.91. The van der Waals surface area contributed by atoms with E-state index in [-0.39, 0.29) is 12.4 Å². The number of hydrogen-bond donors (Lipinski definition) is 0. The van der Waals surface area contributed by atoms with Crippen molar-refractivity contribution < 1.29 is 17.0 Å². The lowest BCUT2D eigenvalue weighted by Crippen LogP contribution is -3.00. The summed E-state index contributed by atoms with van der Waals surface area (Å²) in [4.78, 5) is 1.21. The molecule has 0 aliphatic rings. The number of fused-ring (bicyclic) bond motifs is 1. The molecule has 5 rings (SSSR count). The van der Waals surface area contributed by atoms with Gasteiger partial charge in [-0.3, -0.25) is 0 Å². The highest BCUT2D eigenvalue weighted by Crippen LogP contribution is 2.42. The monoisotopic (exact) mass is 444 g/mol. The second kappa shape index (κ2) is 8.84. The van der Waals surface area contributed by atoms with Crippen LogP contribution >= 0.6 is 11.3 Å². The van der Waals surface area contributed by atoms with E-state index in [9.17, 15) is 0 Å². The van der Waals surface area contributed by atoms with Crippen molar-refractivity contribution in [2.45, 2.75) is 6.92 Å². The van der Waals surface area contributed by atoms with E-state index in [0.717, 1.165) is 38.7 Å². The average Bonchev–Trinajstić information content (AvgIpc) is 3.29. The normalized spacial score (nSPS) is 11.2. The Morgan fingerprint density at radius 2 is 1.45 bits per heavy atom. The highest BCUT2D eigenvalue weighted by molar-refractivity contribution is 7.14. The maximum atomic E-state index is 4.80. The van der Waals surface area contributed by atoms with Crippen molar-refractivity contribution >= 4 is 33.1 Å². The summed E-state index contributed by atoms with van der Waals surface area (Å²) in [5.41, 5.74) is 5.25. The number of thiazole rings is 1. The van der Waals surface area contributed by atoms with Crippen molar-refractivity contribution in [3.63, 3.8) is 0 Å². The fraction of sp³-hybridized carbons (Fsp3) is 0.0800. The molecule has 3 aromatic carbocycles. The van der Waals surface area contributed by atoms with Crippen LogP contribution in [0.1, 0.15) is 4.88 Å². The standard InChI is InChI=1S/C25H21N4S.ClH/c1-18-17-28(2)25(30-18)27-26-23-21-15-9-10-16-22(21)29(20-13-7-4-8-14-20)24(23)19-11-5-3-6-12-19;/h3-17H,1-2H3;1H/q+1;/p-1. The van der Waals surface area contributed by atoms with Crippen molar-refractivity contribution in [2.75, 3.05) is 0 Å². The zero-order valence-electron chi connectivity index (χ0n) is 17.2. The third-order valence-corrected chi connectivity index (χ3v) is 6.05. The van der Waals surface area contributed by atoms with Crippen LogP contribution in [0.5, 0.6) is 0 Å². The molecular formula is C25H21ClN4S. The van der Waals surface area contributed by atoms with E-state index in [4.69, 9.17) is 5.11 Å². The molecule has 154 valence electrons. The van der Waals surface area contributed by atoms with Crippen LogP contribution < -0.4 is 17.0 Å². The van der Waals surface area contributed by atoms with Crippen LogP contribution in [-0.2, 0) is 7.05 Å². The lowest BCUT2D eigenvalue weighted by atomic mass is 10.1. The van der Waals surface area contributed by atoms with Crippen LogP contribution in [0.3, 0.4) is 0 Å². The van der Waals surface area contributed by atoms with Crippen molar-refractivity contribution in [1.82, 2.24) is 4.57 Å². The number of nitrogens with zero attached hydrogens (tertiary/aromatic N) is 4. The first-order valence-corrected chi connectivity index (χ1v) is 10.7. The second-order valence-corrected chi connectivity index (χ2v) is 8.40. The largest absolute Gasteiger partial charge is 1.00 e. The third-order valence-electron chi connectivity index (χ3n) is 5.07. The Labute approximate surface area is 191 Å². The first-order chi connectivity index (χ1) is 14.7. The van der Waals surface area contributed by atoms with Gasteiger partial charge in [0.25, 0.3) is 0 Å². The van der Waals surface area contributed by atoms with Gasteiger partial charge in [-0.15, -0.1) is 0 Å². The molecule has 31 heavy (non-hydrogen) atoms. The van der Waals surface area contributed by atoms with Crippen molar-refractivity contribution in [2.24, 2.45) is 17.3 Å². The summed E-state index contributed by atoms with van der Waals surface area (Å²) in [6.07, 6.45) is 2.07. The van der Waals surface area contributed by atoms with Crippen LogP contribution in [-0.4, -0.2) is 4.57 Å². The molecule has 0 radical (unpaired) electrons. The van der Waals surface area contributed by atoms with Crippen LogP contribution in [0, 0.1) is 6.92 Å². The van der Waals surface area contributed by atoms with Gasteiger partial charge in [0, 0.05) is 21.5 Å². The molecule has 0 unspecified atom stereocenters. The molecule has 5 aromatic rings. The molecule has 0 bridgehead atoms. The van der Waals surface area contributed by atoms with Crippen molar-refractivity contribution in [1.29, 1.82) is 0 Å². The van der Waals surface area contributed by atoms with E-state index < -0.39 is 0 Å². The fourth-order valence-electron chi connectivity index (χ4n) is 3.79. The van der Waals surface area contributed by atoms with Crippen LogP contribution in [0.2, 0.25) is 0 Å². The van der Waals surface area contributed by atoms with Gasteiger partial charge < -0.3 is 17.0 Å². The Bertz CT molecular complexity index is 1350. The number of halogens is 1. The summed E-state index contributed by atoms with van der Waals surface area (Å²) in [7, 11) is 2.00. The molecular weight excluding hydrogens is 424 g/mol. The lowest BCUT2D eigenvalue weighted by Gasteiger charge is -2.11. The Balaban J connectivity index is 0.00000231. The smallest absolute Gasteiger partial charge is 0.408 e. The van der Waals surface area contributed by atoms with Gasteiger partial charge in [-0.25, -0.2) is 4.57 Å². The van der Waals surface area contributed by atoms with E-state index in [2.05, 4.69) is 95.6 Å². The number of aromatic nitrogens is 2. The van der Waals surface area contributed by atoms with Crippen LogP contribution in [0.25, 0.3) is 27.8 Å². The molecule has 0 N–H and O–H groups in total. The number of aryl methyl sites for hydroxylation is 2. The Morgan fingerprint density at radius 3 is 2.13 bits per heavy atom. The van der Waals surface area contributed by atoms with Gasteiger partial charge in [-0.05, 0) is 41.6 Å². The molecule has 0 aliphatic heterocycles. The highest BCUT2D eigenvalue weighted by Gasteiger charge is 2.22. The fourth-order valence-corrected chi connectivity index (χ4v) is 4.56. The van der Waals surface area contributed by atoms with Gasteiger partial charge >= 0.3 is 5.13 Å². The number of hydrogen-bond acceptors (Lipinski definition) is 3. The third kappa shape index (κ3) is 3.90. The summed E-state index contributed by atoms with van der Waals surface area (Å²) in [6.45, 7) is 2.08. The second-order valence-electron chi connectivity index (χ2n) is 7.19. The van der Waals surface area contributed by atoms with Crippen molar-refractivity contribution in [3.8, 4) is 16.9 Å². The number of para-hydroxylation sites is 2. The highest BCUT2D eigenvalue weighted by atomic mass is 35.5. The molecule has 0 atom stereocenters. The molecule has 0 saturated heterocycles. The SMILES string of the molecule is Cc1c[n+](C)c(N=Nc2c(-c3ccccc3)n(-c3ccccc3)c3ccccc23)s1.[Cl-]. The zero-order valence-corrected chi connectivity index (χ0v) is 18.8. The number of azo groups is 1. The molecule has 0 amide bonds. The number of benzene rings is 3. The van der Waals surface area contributed by atoms with Crippen molar-refractivity contribution in [3.05, 3.63) is 96.0 Å². The van der Waals surface area contributed by atoms with Gasteiger partial charge in [0.15, 0.2) is 0 Å². The summed E-state index contributed by atoms with van der Waals surface area (Å²) in [5, 5.41) is 11.4. The Hall–Kier alpha value is -3.28. The maximum Gasteiger partial charge on any atom is 0.408 e. The molecule has 0 spiro atoms. The van der Waals surface area contributed by atoms with Gasteiger partial charge in [-0.1, -0.05) is 66.7 Å². The van der Waals surface area contributed by atoms with E-state index in [1.807, 2.05) is 23.7 Å². The van der Waals surface area contributed by atoms with Crippen LogP contribution in [0.15, 0.2) is 101 Å². The summed E-state index contributed by atoms with van der Waals surface area (Å²) >= 11 is 1.64. The van der Waals surface area contributed by atoms with E-state index >= 15 is 0 Å². The molecule has 0 saturated carbocycles. The Kier molecular flexibility index (Phi) is 5.98. The van der Waals surface area contributed by atoms with Gasteiger partial charge in [-0.2, -0.15) is 0 Å². The molecule has 4 nitrogen and oxygen atoms in total. The van der Waals surface area contributed by atoms with E-state index in [1.165, 1.54) is 4.88 Å². The summed E-state index contributed by atoms with van der Waals surface area (Å²) < 4.78 is 4.29. The molecule has 0 fully saturated rings. The molecule has 0 aliphatic carbocycles. The minimum Gasteiger partial charge on any atom is -1.00 e.